The molecule has 36 heavy (non-hydrogen) atoms. The summed E-state index contributed by atoms with van der Waals surface area (Å²) in [6, 6.07) is 8.92. The molecular formula is C31H48N2O3. The summed E-state index contributed by atoms with van der Waals surface area (Å²) in [6.45, 7) is 13.7. The second-order valence-corrected chi connectivity index (χ2v) is 12.1. The van der Waals surface area contributed by atoms with E-state index in [1.807, 2.05) is 0 Å². The van der Waals surface area contributed by atoms with Crippen molar-refractivity contribution in [3.05, 3.63) is 47.0 Å². The van der Waals surface area contributed by atoms with Gasteiger partial charge in [-0.1, -0.05) is 44.2 Å². The number of nitrogens with zero attached hydrogens (tertiary/aromatic N) is 2. The minimum atomic E-state index is -0.792. The molecule has 0 radical (unpaired) electrons. The highest BCUT2D eigenvalue weighted by Crippen LogP contribution is 2.51. The smallest absolute Gasteiger partial charge is 0.303 e. The number of aliphatic hydroxyl groups is 1. The van der Waals surface area contributed by atoms with Gasteiger partial charge in [-0.25, -0.2) is 0 Å². The average molecular weight is 497 g/mol. The molecular weight excluding hydrogens is 448 g/mol. The van der Waals surface area contributed by atoms with Crippen LogP contribution in [0.5, 0.6) is 0 Å². The van der Waals surface area contributed by atoms with Gasteiger partial charge in [0.15, 0.2) is 0 Å². The molecule has 1 fully saturated rings. The fourth-order valence-electron chi connectivity index (χ4n) is 7.22. The Bertz CT molecular complexity index is 903. The van der Waals surface area contributed by atoms with Crippen molar-refractivity contribution < 1.29 is 14.6 Å². The van der Waals surface area contributed by atoms with Crippen LogP contribution < -0.4 is 0 Å². The van der Waals surface area contributed by atoms with Crippen LogP contribution in [0.25, 0.3) is 0 Å². The molecule has 0 bridgehead atoms. The molecule has 1 unspecified atom stereocenters. The van der Waals surface area contributed by atoms with E-state index in [0.29, 0.717) is 18.3 Å². The number of ether oxygens (including phenoxy) is 1. The first kappa shape index (κ1) is 27.3. The molecule has 200 valence electrons. The fourth-order valence-corrected chi connectivity index (χ4v) is 7.22. The molecule has 1 saturated carbocycles. The Labute approximate surface area is 218 Å². The zero-order chi connectivity index (χ0) is 25.9. The maximum Gasteiger partial charge on any atom is 0.303 e. The van der Waals surface area contributed by atoms with Crippen molar-refractivity contribution in [2.45, 2.75) is 77.9 Å². The highest BCUT2D eigenvalue weighted by atomic mass is 16.5. The number of carbonyl (C=O) groups is 1. The van der Waals surface area contributed by atoms with Crippen LogP contribution in [0.15, 0.2) is 35.9 Å². The number of hydrogen-bond acceptors (Lipinski definition) is 5. The molecule has 1 N–H and O–H groups in total. The van der Waals surface area contributed by atoms with Crippen LogP contribution in [0, 0.1) is 23.7 Å². The Balaban J connectivity index is 1.29. The van der Waals surface area contributed by atoms with Gasteiger partial charge in [-0.15, -0.1) is 0 Å². The van der Waals surface area contributed by atoms with Gasteiger partial charge in [-0.2, -0.15) is 0 Å². The van der Waals surface area contributed by atoms with Gasteiger partial charge in [-0.05, 0) is 93.6 Å². The summed E-state index contributed by atoms with van der Waals surface area (Å²) in [5.74, 6) is 1.03. The SMILES string of the molecule is CC(=O)O[C@@H]1C[C@@]2(O)[C@H](C)CC[C@@H](C(C)CN(C)CCCN3CCc4ccccc4CC3)[C@H]2C=C1C. The molecule has 2 aliphatic carbocycles. The standard InChI is InChI=1S/C31H48N2O3/c1-22-19-29-28(12-11-24(3)31(29,35)20-30(22)36-25(4)34)23(2)21-32(5)15-8-16-33-17-13-26-9-6-7-10-27(26)14-18-33/h6-7,9-10,19,23-24,28-30,35H,8,11-18,20-21H2,1-5H3/t23?,24-,28+,29-,30-,31-/m1/s1. The third kappa shape index (κ3) is 6.23. The molecule has 0 spiro atoms. The van der Waals surface area contributed by atoms with Crippen LogP contribution in [0.2, 0.25) is 0 Å². The summed E-state index contributed by atoms with van der Waals surface area (Å²) in [7, 11) is 2.26. The Hall–Kier alpha value is -1.69. The number of carbonyl (C=O) groups excluding carboxylic acids is 1. The van der Waals surface area contributed by atoms with E-state index in [0.717, 1.165) is 51.1 Å². The Morgan fingerprint density at radius 1 is 1.22 bits per heavy atom. The lowest BCUT2D eigenvalue weighted by Gasteiger charge is -2.53. The van der Waals surface area contributed by atoms with Crippen LogP contribution in [-0.2, 0) is 22.4 Å². The number of fused-ring (bicyclic) bond motifs is 2. The van der Waals surface area contributed by atoms with E-state index in [-0.39, 0.29) is 23.9 Å². The first-order valence-electron chi connectivity index (χ1n) is 14.2. The summed E-state index contributed by atoms with van der Waals surface area (Å²) >= 11 is 0. The molecule has 5 heteroatoms. The second-order valence-electron chi connectivity index (χ2n) is 12.1. The summed E-state index contributed by atoms with van der Waals surface area (Å²) in [6.07, 6.45) is 8.18. The summed E-state index contributed by atoms with van der Waals surface area (Å²) in [5.41, 5.74) is 3.36. The van der Waals surface area contributed by atoms with Gasteiger partial charge in [0.05, 0.1) is 5.60 Å². The summed E-state index contributed by atoms with van der Waals surface area (Å²) < 4.78 is 5.57. The van der Waals surface area contributed by atoms with E-state index in [9.17, 15) is 9.90 Å². The van der Waals surface area contributed by atoms with Gasteiger partial charge in [0.1, 0.15) is 6.10 Å². The summed E-state index contributed by atoms with van der Waals surface area (Å²) in [5, 5.41) is 11.8. The number of hydrogen-bond donors (Lipinski definition) is 1. The Morgan fingerprint density at radius 3 is 2.53 bits per heavy atom. The van der Waals surface area contributed by atoms with Crippen LogP contribution in [0.1, 0.15) is 64.5 Å². The first-order valence-corrected chi connectivity index (χ1v) is 14.2. The van der Waals surface area contributed by atoms with E-state index >= 15 is 0 Å². The number of esters is 1. The van der Waals surface area contributed by atoms with E-state index < -0.39 is 5.60 Å². The van der Waals surface area contributed by atoms with Gasteiger partial charge in [0, 0.05) is 38.9 Å². The number of benzene rings is 1. The van der Waals surface area contributed by atoms with E-state index in [2.05, 4.69) is 68.0 Å². The van der Waals surface area contributed by atoms with E-state index in [1.54, 1.807) is 0 Å². The Morgan fingerprint density at radius 2 is 1.89 bits per heavy atom. The maximum absolute atomic E-state index is 11.8. The molecule has 1 aromatic carbocycles. The lowest BCUT2D eigenvalue weighted by Crippen LogP contribution is -2.56. The lowest BCUT2D eigenvalue weighted by atomic mass is 9.57. The molecule has 4 rings (SSSR count). The first-order chi connectivity index (χ1) is 17.2. The third-order valence-corrected chi connectivity index (χ3v) is 9.45. The largest absolute Gasteiger partial charge is 0.458 e. The molecule has 6 atom stereocenters. The molecule has 1 aromatic rings. The van der Waals surface area contributed by atoms with Gasteiger partial charge in [0.25, 0.3) is 0 Å². The minimum Gasteiger partial charge on any atom is -0.458 e. The fraction of sp³-hybridized carbons (Fsp3) is 0.710. The zero-order valence-corrected chi connectivity index (χ0v) is 23.2. The van der Waals surface area contributed by atoms with Crippen molar-refractivity contribution >= 4 is 5.97 Å². The van der Waals surface area contributed by atoms with E-state index in [1.165, 1.54) is 37.3 Å². The van der Waals surface area contributed by atoms with Crippen LogP contribution >= 0.6 is 0 Å². The number of rotatable bonds is 8. The van der Waals surface area contributed by atoms with Crippen molar-refractivity contribution in [1.82, 2.24) is 9.80 Å². The normalized spacial score (nSPS) is 31.7. The topological polar surface area (TPSA) is 53.0 Å². The monoisotopic (exact) mass is 496 g/mol. The van der Waals surface area contributed by atoms with Crippen LogP contribution in [-0.4, -0.2) is 72.4 Å². The zero-order valence-electron chi connectivity index (χ0n) is 23.2. The lowest BCUT2D eigenvalue weighted by molar-refractivity contribution is -0.159. The van der Waals surface area contributed by atoms with Gasteiger partial charge < -0.3 is 19.6 Å². The average Bonchev–Trinajstić information content (AvgIpc) is 3.03. The van der Waals surface area contributed by atoms with Crippen molar-refractivity contribution in [1.29, 1.82) is 0 Å². The predicted octanol–water partition coefficient (Wildman–Crippen LogP) is 4.72. The van der Waals surface area contributed by atoms with Gasteiger partial charge in [0.2, 0.25) is 0 Å². The summed E-state index contributed by atoms with van der Waals surface area (Å²) in [4.78, 5) is 16.7. The molecule has 3 aliphatic rings. The molecule has 5 nitrogen and oxygen atoms in total. The Kier molecular flexibility index (Phi) is 8.96. The minimum absolute atomic E-state index is 0.134. The van der Waals surface area contributed by atoms with Crippen molar-refractivity contribution in [3.63, 3.8) is 0 Å². The highest BCUT2D eigenvalue weighted by molar-refractivity contribution is 5.66. The molecule has 0 amide bonds. The maximum atomic E-state index is 11.8. The highest BCUT2D eigenvalue weighted by Gasteiger charge is 2.52. The third-order valence-electron chi connectivity index (χ3n) is 9.45. The second kappa shape index (κ2) is 11.8. The van der Waals surface area contributed by atoms with Gasteiger partial charge in [-0.3, -0.25) is 4.79 Å². The molecule has 0 saturated heterocycles. The van der Waals surface area contributed by atoms with Gasteiger partial charge >= 0.3 is 5.97 Å². The molecule has 0 aromatic heterocycles. The van der Waals surface area contributed by atoms with Crippen molar-refractivity contribution in [2.75, 3.05) is 39.8 Å². The van der Waals surface area contributed by atoms with Crippen molar-refractivity contribution in [2.24, 2.45) is 23.7 Å². The van der Waals surface area contributed by atoms with E-state index in [4.69, 9.17) is 4.74 Å². The van der Waals surface area contributed by atoms with Crippen LogP contribution in [0.3, 0.4) is 0 Å². The van der Waals surface area contributed by atoms with Crippen molar-refractivity contribution in [3.8, 4) is 0 Å². The quantitative estimate of drug-likeness (QED) is 0.417. The molecule has 1 aliphatic heterocycles. The predicted molar refractivity (Wildman–Crippen MR) is 146 cm³/mol. The molecule has 1 heterocycles. The van der Waals surface area contributed by atoms with Crippen LogP contribution in [0.4, 0.5) is 0 Å².